The van der Waals surface area contributed by atoms with Crippen molar-refractivity contribution in [2.75, 3.05) is 5.73 Å². The van der Waals surface area contributed by atoms with Crippen molar-refractivity contribution in [3.63, 3.8) is 0 Å². The Morgan fingerprint density at radius 1 is 1.18 bits per heavy atom. The molecule has 0 aliphatic carbocycles. The highest BCUT2D eigenvalue weighted by atomic mass is 15.3. The lowest BCUT2D eigenvalue weighted by molar-refractivity contribution is 0.881. The fraction of sp³-hybridized carbons (Fsp3) is 0. The molecule has 5 heteroatoms. The minimum atomic E-state index is 0.490. The van der Waals surface area contributed by atoms with Gasteiger partial charge in [-0.25, -0.2) is 4.68 Å². The van der Waals surface area contributed by atoms with Crippen LogP contribution in [0.4, 0.5) is 5.82 Å². The van der Waals surface area contributed by atoms with Gasteiger partial charge in [-0.05, 0) is 18.2 Å². The van der Waals surface area contributed by atoms with Crippen LogP contribution < -0.4 is 5.73 Å². The Morgan fingerprint density at radius 3 is 2.82 bits per heavy atom. The van der Waals surface area contributed by atoms with Crippen LogP contribution >= 0.6 is 0 Å². The maximum Gasteiger partial charge on any atom is 0.145 e. The molecule has 5 nitrogen and oxygen atoms in total. The average Bonchev–Trinajstić information content (AvgIpc) is 3.00. The summed E-state index contributed by atoms with van der Waals surface area (Å²) >= 11 is 0. The standard InChI is InChI=1S/C12H11N5/c13-12-8-11(15-16-12)9-3-1-4-10(7-9)17-6-2-5-14-17/h1-8H,(H3,13,15,16). The number of benzene rings is 1. The topological polar surface area (TPSA) is 72.5 Å². The molecule has 3 aromatic rings. The molecule has 0 unspecified atom stereocenters. The van der Waals surface area contributed by atoms with E-state index in [0.29, 0.717) is 5.82 Å². The minimum Gasteiger partial charge on any atom is -0.382 e. The molecule has 84 valence electrons. The summed E-state index contributed by atoms with van der Waals surface area (Å²) in [7, 11) is 0. The van der Waals surface area contributed by atoms with E-state index >= 15 is 0 Å². The normalized spacial score (nSPS) is 10.6. The van der Waals surface area contributed by atoms with Crippen molar-refractivity contribution in [1.82, 2.24) is 20.0 Å². The molecule has 0 atom stereocenters. The van der Waals surface area contributed by atoms with Gasteiger partial charge in [-0.3, -0.25) is 5.10 Å². The summed E-state index contributed by atoms with van der Waals surface area (Å²) in [4.78, 5) is 0. The smallest absolute Gasteiger partial charge is 0.145 e. The van der Waals surface area contributed by atoms with Crippen molar-refractivity contribution in [3.8, 4) is 16.9 Å². The van der Waals surface area contributed by atoms with E-state index in [-0.39, 0.29) is 0 Å². The molecular weight excluding hydrogens is 214 g/mol. The highest BCUT2D eigenvalue weighted by Crippen LogP contribution is 2.21. The van der Waals surface area contributed by atoms with Crippen molar-refractivity contribution in [2.45, 2.75) is 0 Å². The molecule has 0 radical (unpaired) electrons. The van der Waals surface area contributed by atoms with Crippen molar-refractivity contribution in [3.05, 3.63) is 48.8 Å². The molecule has 17 heavy (non-hydrogen) atoms. The van der Waals surface area contributed by atoms with Crippen LogP contribution in [0.25, 0.3) is 16.9 Å². The van der Waals surface area contributed by atoms with Gasteiger partial charge in [-0.1, -0.05) is 12.1 Å². The quantitative estimate of drug-likeness (QED) is 0.699. The van der Waals surface area contributed by atoms with Crippen molar-refractivity contribution >= 4 is 5.82 Å². The van der Waals surface area contributed by atoms with Crippen molar-refractivity contribution in [2.24, 2.45) is 0 Å². The van der Waals surface area contributed by atoms with Gasteiger partial charge >= 0.3 is 0 Å². The van der Waals surface area contributed by atoms with Crippen LogP contribution in [0.1, 0.15) is 0 Å². The van der Waals surface area contributed by atoms with Crippen LogP contribution in [0, 0.1) is 0 Å². The van der Waals surface area contributed by atoms with Gasteiger partial charge in [0.25, 0.3) is 0 Å². The molecule has 0 aliphatic heterocycles. The Bertz CT molecular complexity index is 624. The fourth-order valence-corrected chi connectivity index (χ4v) is 1.72. The van der Waals surface area contributed by atoms with Gasteiger partial charge in [0.2, 0.25) is 0 Å². The number of H-pyrrole nitrogens is 1. The first-order valence-electron chi connectivity index (χ1n) is 5.24. The molecular formula is C12H11N5. The van der Waals surface area contributed by atoms with Crippen LogP contribution in [0.2, 0.25) is 0 Å². The molecule has 3 N–H and O–H groups in total. The average molecular weight is 225 g/mol. The lowest BCUT2D eigenvalue weighted by atomic mass is 10.1. The number of hydrogen-bond donors (Lipinski definition) is 2. The molecule has 1 aromatic carbocycles. The maximum atomic E-state index is 5.59. The van der Waals surface area contributed by atoms with Gasteiger partial charge in [-0.2, -0.15) is 10.2 Å². The van der Waals surface area contributed by atoms with Crippen molar-refractivity contribution in [1.29, 1.82) is 0 Å². The van der Waals surface area contributed by atoms with E-state index in [1.54, 1.807) is 6.20 Å². The Morgan fingerprint density at radius 2 is 2.12 bits per heavy atom. The number of aromatic amines is 1. The predicted molar refractivity (Wildman–Crippen MR) is 65.6 cm³/mol. The monoisotopic (exact) mass is 225 g/mol. The third-order valence-electron chi connectivity index (χ3n) is 2.52. The Labute approximate surface area is 97.9 Å². The van der Waals surface area contributed by atoms with E-state index in [9.17, 15) is 0 Å². The number of nitrogens with one attached hydrogen (secondary N) is 1. The molecule has 0 spiro atoms. The zero-order valence-electron chi connectivity index (χ0n) is 9.04. The molecule has 0 fully saturated rings. The largest absolute Gasteiger partial charge is 0.382 e. The number of nitrogens with two attached hydrogens (primary N) is 1. The van der Waals surface area contributed by atoms with Crippen LogP contribution in [-0.4, -0.2) is 20.0 Å². The van der Waals surface area contributed by atoms with Crippen molar-refractivity contribution < 1.29 is 0 Å². The summed E-state index contributed by atoms with van der Waals surface area (Å²) in [5.41, 5.74) is 8.52. The van der Waals surface area contributed by atoms with Gasteiger partial charge in [-0.15, -0.1) is 0 Å². The SMILES string of the molecule is Nc1cc(-c2cccc(-n3cccn3)c2)[nH]n1. The van der Waals surface area contributed by atoms with Gasteiger partial charge in [0, 0.05) is 24.0 Å². The number of nitrogen functional groups attached to an aromatic ring is 1. The number of hydrogen-bond acceptors (Lipinski definition) is 3. The highest BCUT2D eigenvalue weighted by molar-refractivity contribution is 5.64. The molecule has 0 amide bonds. The van der Waals surface area contributed by atoms with Crippen LogP contribution in [0.5, 0.6) is 0 Å². The number of rotatable bonds is 2. The molecule has 3 rings (SSSR count). The zero-order chi connectivity index (χ0) is 11.7. The van der Waals surface area contributed by atoms with Crippen LogP contribution in [0.15, 0.2) is 48.8 Å². The van der Waals surface area contributed by atoms with E-state index in [1.165, 1.54) is 0 Å². The summed E-state index contributed by atoms with van der Waals surface area (Å²) < 4.78 is 1.81. The molecule has 2 aromatic heterocycles. The van der Waals surface area contributed by atoms with E-state index in [2.05, 4.69) is 15.3 Å². The van der Waals surface area contributed by atoms with Gasteiger partial charge in [0.05, 0.1) is 11.4 Å². The Hall–Kier alpha value is -2.56. The first-order chi connectivity index (χ1) is 8.33. The molecule has 0 bridgehead atoms. The van der Waals surface area contributed by atoms with Gasteiger partial charge in [0.1, 0.15) is 5.82 Å². The van der Waals surface area contributed by atoms with Gasteiger partial charge in [0.15, 0.2) is 0 Å². The fourth-order valence-electron chi connectivity index (χ4n) is 1.72. The van der Waals surface area contributed by atoms with E-state index in [1.807, 2.05) is 47.3 Å². The summed E-state index contributed by atoms with van der Waals surface area (Å²) in [5, 5.41) is 11.0. The third kappa shape index (κ3) is 1.78. The second-order valence-electron chi connectivity index (χ2n) is 3.71. The minimum absolute atomic E-state index is 0.490. The first-order valence-corrected chi connectivity index (χ1v) is 5.24. The summed E-state index contributed by atoms with van der Waals surface area (Å²) in [6.45, 7) is 0. The maximum absolute atomic E-state index is 5.59. The lowest BCUT2D eigenvalue weighted by Crippen LogP contribution is -1.94. The van der Waals surface area contributed by atoms with E-state index < -0.39 is 0 Å². The van der Waals surface area contributed by atoms with Gasteiger partial charge < -0.3 is 5.73 Å². The number of nitrogens with zero attached hydrogens (tertiary/aromatic N) is 3. The molecule has 0 saturated heterocycles. The predicted octanol–water partition coefficient (Wildman–Crippen LogP) is 1.84. The second kappa shape index (κ2) is 3.79. The van der Waals surface area contributed by atoms with Crippen LogP contribution in [0.3, 0.4) is 0 Å². The van der Waals surface area contributed by atoms with Crippen LogP contribution in [-0.2, 0) is 0 Å². The summed E-state index contributed by atoms with van der Waals surface area (Å²) in [5.74, 6) is 0.490. The Kier molecular flexibility index (Phi) is 2.15. The zero-order valence-corrected chi connectivity index (χ0v) is 9.04. The second-order valence-corrected chi connectivity index (χ2v) is 3.71. The summed E-state index contributed by atoms with van der Waals surface area (Å²) in [6.07, 6.45) is 3.65. The first kappa shape index (κ1) is 9.65. The summed E-state index contributed by atoms with van der Waals surface area (Å²) in [6, 6.07) is 11.7. The van der Waals surface area contributed by atoms with E-state index in [4.69, 9.17) is 5.73 Å². The lowest BCUT2D eigenvalue weighted by Gasteiger charge is -2.03. The number of aromatic nitrogens is 4. The molecule has 0 aliphatic rings. The highest BCUT2D eigenvalue weighted by Gasteiger charge is 2.03. The molecule has 2 heterocycles. The third-order valence-corrected chi connectivity index (χ3v) is 2.52. The molecule has 0 saturated carbocycles. The number of anilines is 1. The Balaban J connectivity index is 2.05. The van der Waals surface area contributed by atoms with E-state index in [0.717, 1.165) is 16.9 Å².